The first-order valence-corrected chi connectivity index (χ1v) is 12.7. The second-order valence-electron chi connectivity index (χ2n) is 10.1. The van der Waals surface area contributed by atoms with Gasteiger partial charge in [-0.05, 0) is 118 Å². The zero-order chi connectivity index (χ0) is 20.8. The van der Waals surface area contributed by atoms with Crippen molar-refractivity contribution in [2.75, 3.05) is 13.2 Å². The van der Waals surface area contributed by atoms with Crippen LogP contribution >= 0.6 is 0 Å². The fraction of sp³-hybridized carbons (Fsp3) is 0.714. The van der Waals surface area contributed by atoms with E-state index < -0.39 is 0 Å². The van der Waals surface area contributed by atoms with Crippen molar-refractivity contribution >= 4 is 0 Å². The first-order valence-electron chi connectivity index (χ1n) is 12.7. The van der Waals surface area contributed by atoms with Gasteiger partial charge >= 0.3 is 0 Å². The molecule has 0 heterocycles. The molecule has 0 saturated heterocycles. The molecular formula is C28H42O2. The lowest BCUT2D eigenvalue weighted by atomic mass is 9.62. The molecule has 3 aliphatic carbocycles. The highest BCUT2D eigenvalue weighted by Gasteiger charge is 2.38. The molecule has 2 heteroatoms. The molecule has 5 unspecified atom stereocenters. The Balaban J connectivity index is 1.28. The highest BCUT2D eigenvalue weighted by molar-refractivity contribution is 5.37. The zero-order valence-corrected chi connectivity index (χ0v) is 19.3. The fourth-order valence-electron chi connectivity index (χ4n) is 6.34. The van der Waals surface area contributed by atoms with Crippen molar-refractivity contribution in [2.45, 2.75) is 90.6 Å². The molecule has 2 saturated carbocycles. The molecule has 4 rings (SSSR count). The average Bonchev–Trinajstić information content (AvgIpc) is 2.78. The highest BCUT2D eigenvalue weighted by Crippen LogP contribution is 2.47. The maximum atomic E-state index is 6.10. The lowest BCUT2D eigenvalue weighted by molar-refractivity contribution is -0.0138. The number of rotatable bonds is 8. The molecule has 1 aromatic carbocycles. The molecule has 0 aliphatic heterocycles. The number of hydrogen-bond donors (Lipinski definition) is 0. The quantitative estimate of drug-likeness (QED) is 0.335. The van der Waals surface area contributed by atoms with E-state index in [4.69, 9.17) is 9.47 Å². The van der Waals surface area contributed by atoms with Gasteiger partial charge in [0.1, 0.15) is 5.75 Å². The zero-order valence-electron chi connectivity index (χ0n) is 19.3. The number of allylic oxidation sites excluding steroid dienone is 1. The summed E-state index contributed by atoms with van der Waals surface area (Å²) in [7, 11) is 0. The standard InChI is InChI=1S/C28H42O2/c1-3-5-15-29-27-13-11-23-17-21(7-9-25(23)19-27)22-8-10-26-20-28(30-16-6-4-2)14-12-24(26)18-22/h3,5,12,14,20-23,25,27H,4,6-11,13,15-19H2,1-2H3. The van der Waals surface area contributed by atoms with Crippen molar-refractivity contribution in [3.05, 3.63) is 41.5 Å². The number of ether oxygens (including phenoxy) is 2. The molecule has 30 heavy (non-hydrogen) atoms. The van der Waals surface area contributed by atoms with Crippen LogP contribution in [0.15, 0.2) is 30.4 Å². The average molecular weight is 411 g/mol. The maximum Gasteiger partial charge on any atom is 0.119 e. The Morgan fingerprint density at radius 2 is 1.73 bits per heavy atom. The van der Waals surface area contributed by atoms with Gasteiger partial charge in [-0.15, -0.1) is 0 Å². The van der Waals surface area contributed by atoms with E-state index in [9.17, 15) is 0 Å². The Morgan fingerprint density at radius 1 is 0.933 bits per heavy atom. The summed E-state index contributed by atoms with van der Waals surface area (Å²) in [6.45, 7) is 5.94. The number of hydrogen-bond acceptors (Lipinski definition) is 2. The van der Waals surface area contributed by atoms with Crippen molar-refractivity contribution in [2.24, 2.45) is 23.7 Å². The second kappa shape index (κ2) is 10.8. The summed E-state index contributed by atoms with van der Waals surface area (Å²) in [5.41, 5.74) is 3.14. The van der Waals surface area contributed by atoms with Crippen LogP contribution in [0, 0.1) is 23.7 Å². The Kier molecular flexibility index (Phi) is 7.93. The molecule has 2 nitrogen and oxygen atoms in total. The Hall–Kier alpha value is -1.28. The number of benzene rings is 1. The van der Waals surface area contributed by atoms with Crippen LogP contribution in [0.1, 0.15) is 82.8 Å². The minimum Gasteiger partial charge on any atom is -0.494 e. The van der Waals surface area contributed by atoms with E-state index in [0.717, 1.165) is 49.1 Å². The molecule has 5 atom stereocenters. The van der Waals surface area contributed by atoms with Crippen LogP contribution in [0.4, 0.5) is 0 Å². The Morgan fingerprint density at radius 3 is 2.57 bits per heavy atom. The summed E-state index contributed by atoms with van der Waals surface area (Å²) in [5.74, 6) is 4.80. The van der Waals surface area contributed by atoms with E-state index in [2.05, 4.69) is 44.2 Å². The van der Waals surface area contributed by atoms with E-state index >= 15 is 0 Å². The monoisotopic (exact) mass is 410 g/mol. The predicted octanol–water partition coefficient (Wildman–Crippen LogP) is 7.15. The normalized spacial score (nSPS) is 31.3. The highest BCUT2D eigenvalue weighted by atomic mass is 16.5. The summed E-state index contributed by atoms with van der Waals surface area (Å²) < 4.78 is 12.0. The van der Waals surface area contributed by atoms with Crippen molar-refractivity contribution in [1.82, 2.24) is 0 Å². The van der Waals surface area contributed by atoms with Crippen LogP contribution in [0.25, 0.3) is 0 Å². The summed E-state index contributed by atoms with van der Waals surface area (Å²) in [6.07, 6.45) is 19.3. The van der Waals surface area contributed by atoms with E-state index in [-0.39, 0.29) is 0 Å². The number of aryl methyl sites for hydroxylation is 1. The minimum absolute atomic E-state index is 0.509. The van der Waals surface area contributed by atoms with Crippen molar-refractivity contribution in [3.63, 3.8) is 0 Å². The van der Waals surface area contributed by atoms with Gasteiger partial charge in [-0.1, -0.05) is 31.6 Å². The van der Waals surface area contributed by atoms with Gasteiger partial charge in [0.25, 0.3) is 0 Å². The first-order chi connectivity index (χ1) is 14.8. The third kappa shape index (κ3) is 5.49. The van der Waals surface area contributed by atoms with Gasteiger partial charge in [-0.25, -0.2) is 0 Å². The van der Waals surface area contributed by atoms with Crippen molar-refractivity contribution in [3.8, 4) is 5.75 Å². The van der Waals surface area contributed by atoms with Crippen LogP contribution in [0.3, 0.4) is 0 Å². The maximum absolute atomic E-state index is 6.10. The van der Waals surface area contributed by atoms with Gasteiger partial charge in [-0.3, -0.25) is 0 Å². The number of unbranched alkanes of at least 4 members (excludes halogenated alkanes) is 1. The molecule has 0 amide bonds. The Labute approximate surface area is 184 Å². The fourth-order valence-corrected chi connectivity index (χ4v) is 6.34. The van der Waals surface area contributed by atoms with Gasteiger partial charge in [0, 0.05) is 0 Å². The lowest BCUT2D eigenvalue weighted by Crippen LogP contribution is -2.37. The topological polar surface area (TPSA) is 18.5 Å². The van der Waals surface area contributed by atoms with Gasteiger partial charge < -0.3 is 9.47 Å². The SMILES string of the molecule is CC=CCOC1CCC2CC(C3CCc4cc(OCCCC)ccc4C3)CCC2C1. The summed E-state index contributed by atoms with van der Waals surface area (Å²) in [6, 6.07) is 6.90. The smallest absolute Gasteiger partial charge is 0.119 e. The third-order valence-electron chi connectivity index (χ3n) is 8.15. The van der Waals surface area contributed by atoms with Gasteiger partial charge in [0.05, 0.1) is 19.3 Å². The minimum atomic E-state index is 0.509. The molecule has 0 N–H and O–H groups in total. The predicted molar refractivity (Wildman–Crippen MR) is 125 cm³/mol. The van der Waals surface area contributed by atoms with Crippen LogP contribution < -0.4 is 4.74 Å². The van der Waals surface area contributed by atoms with E-state index in [1.54, 1.807) is 11.1 Å². The largest absolute Gasteiger partial charge is 0.494 e. The molecule has 0 radical (unpaired) electrons. The molecule has 1 aromatic rings. The van der Waals surface area contributed by atoms with Gasteiger partial charge in [-0.2, -0.15) is 0 Å². The van der Waals surface area contributed by atoms with Crippen LogP contribution in [0.2, 0.25) is 0 Å². The summed E-state index contributed by atoms with van der Waals surface area (Å²) >= 11 is 0. The first kappa shape index (κ1) is 21.9. The van der Waals surface area contributed by atoms with E-state index in [1.165, 1.54) is 64.2 Å². The third-order valence-corrected chi connectivity index (χ3v) is 8.15. The van der Waals surface area contributed by atoms with E-state index in [1.807, 2.05) is 0 Å². The molecular weight excluding hydrogens is 368 g/mol. The summed E-state index contributed by atoms with van der Waals surface area (Å²) in [5, 5.41) is 0. The van der Waals surface area contributed by atoms with Crippen LogP contribution in [0.5, 0.6) is 5.75 Å². The molecule has 3 aliphatic rings. The Bertz CT molecular complexity index is 694. The van der Waals surface area contributed by atoms with Crippen LogP contribution in [-0.4, -0.2) is 19.3 Å². The van der Waals surface area contributed by atoms with Crippen molar-refractivity contribution in [1.29, 1.82) is 0 Å². The second-order valence-corrected chi connectivity index (χ2v) is 10.1. The van der Waals surface area contributed by atoms with Gasteiger partial charge in [0.15, 0.2) is 0 Å². The van der Waals surface area contributed by atoms with E-state index in [0.29, 0.717) is 6.10 Å². The van der Waals surface area contributed by atoms with Crippen molar-refractivity contribution < 1.29 is 9.47 Å². The molecule has 2 fully saturated rings. The summed E-state index contributed by atoms with van der Waals surface area (Å²) in [4.78, 5) is 0. The molecule has 0 bridgehead atoms. The molecule has 0 spiro atoms. The molecule has 0 aromatic heterocycles. The van der Waals surface area contributed by atoms with Crippen LogP contribution in [-0.2, 0) is 17.6 Å². The molecule has 166 valence electrons. The number of fused-ring (bicyclic) bond motifs is 2. The lowest BCUT2D eigenvalue weighted by Gasteiger charge is -2.44. The van der Waals surface area contributed by atoms with Gasteiger partial charge in [0.2, 0.25) is 0 Å².